The van der Waals surface area contributed by atoms with Crippen LogP contribution >= 0.6 is 0 Å². The molecule has 0 saturated heterocycles. The van der Waals surface area contributed by atoms with Crippen LogP contribution < -0.4 is 4.70 Å². The number of rotatable bonds is 0. The molecular weight excluding hydrogens is 190 g/mol. The maximum Gasteiger partial charge on any atom is 2.00 e. The van der Waals surface area contributed by atoms with E-state index in [0.29, 0.717) is 0 Å². The molecule has 0 rings (SSSR count). The van der Waals surface area contributed by atoms with Crippen LogP contribution in [0.2, 0.25) is 0 Å². The van der Waals surface area contributed by atoms with Crippen molar-refractivity contribution in [3.8, 4) is 0 Å². The van der Waals surface area contributed by atoms with Crippen LogP contribution in [0, 0.1) is 0 Å². The summed E-state index contributed by atoms with van der Waals surface area (Å²) in [5, 5.41) is 0. The minimum absolute atomic E-state index is 0. The van der Waals surface area contributed by atoms with Crippen LogP contribution in [0.5, 0.6) is 0 Å². The fraction of sp³-hybridized carbons (Fsp3) is 0. The summed E-state index contributed by atoms with van der Waals surface area (Å²) in [6.07, 6.45) is 0. The molecule has 7 heteroatoms. The summed E-state index contributed by atoms with van der Waals surface area (Å²) in [6.45, 7) is 0. The van der Waals surface area contributed by atoms with E-state index in [9.17, 15) is 0 Å². The first-order valence-electron chi connectivity index (χ1n) is 0.408. The van der Waals surface area contributed by atoms with Gasteiger partial charge in [-0.1, -0.05) is 0 Å². The Hall–Kier alpha value is 1.49. The normalized spacial score (nSPS) is 1.14. The first-order chi connectivity index (χ1) is 1.41. The van der Waals surface area contributed by atoms with Crippen LogP contribution in [-0.2, 0) is 31.5 Å². The molecule has 0 atom stereocenters. The van der Waals surface area contributed by atoms with E-state index in [-0.39, 0.29) is 65.0 Å². The fourth-order valence-corrected chi connectivity index (χ4v) is 0. The van der Waals surface area contributed by atoms with E-state index < -0.39 is 9.29 Å². The molecule has 0 N–H and O–H groups in total. The van der Waals surface area contributed by atoms with Crippen LogP contribution in [0.1, 0.15) is 0 Å². The topological polar surface area (TPSA) is 62.6 Å². The summed E-state index contributed by atoms with van der Waals surface area (Å²) in [7, 11) is -1.42. The first kappa shape index (κ1) is 39.1. The molecule has 0 heterocycles. The molecule has 37 valence electrons. The Kier molecular flexibility index (Phi) is 285. The molecule has 0 aliphatic carbocycles. The zero-order valence-corrected chi connectivity index (χ0v) is 7.58. The Morgan fingerprint density at radius 1 is 1.14 bits per heavy atom. The Morgan fingerprint density at radius 3 is 1.14 bits per heavy atom. The van der Waals surface area contributed by atoms with Crippen molar-refractivity contribution >= 4 is 47.0 Å². The summed E-state index contributed by atoms with van der Waals surface area (Å²) < 4.78 is 16.8. The van der Waals surface area contributed by atoms with E-state index >= 15 is 0 Å². The monoisotopic (exact) mass is 190 g/mol. The molecule has 0 amide bonds. The SMILES string of the molecule is O=[Si]=O.[Ca+2].[F-].[Mn+2].[O-2]. The van der Waals surface area contributed by atoms with E-state index in [1.165, 1.54) is 0 Å². The Labute approximate surface area is 82.3 Å². The largest absolute Gasteiger partial charge is 2.00 e. The molecule has 0 aromatic rings. The van der Waals surface area contributed by atoms with Gasteiger partial charge in [0.25, 0.3) is 0 Å². The summed E-state index contributed by atoms with van der Waals surface area (Å²) in [5.41, 5.74) is 0. The van der Waals surface area contributed by atoms with Crippen LogP contribution in [0.15, 0.2) is 0 Å². The second-order valence-corrected chi connectivity index (χ2v) is 0.250. The molecule has 0 aromatic carbocycles. The molecule has 3 nitrogen and oxygen atoms in total. The third-order valence-electron chi connectivity index (χ3n) is 0. The second-order valence-electron chi connectivity index (χ2n) is 0.0833. The number of halogens is 1. The van der Waals surface area contributed by atoms with Gasteiger partial charge in [0.05, 0.1) is 0 Å². The molecule has 0 aromatic heterocycles. The minimum Gasteiger partial charge on any atom is -2.00 e. The molecule has 0 unspecified atom stereocenters. The van der Waals surface area contributed by atoms with Gasteiger partial charge in [0.2, 0.25) is 0 Å². The van der Waals surface area contributed by atoms with Gasteiger partial charge in [0.15, 0.2) is 0 Å². The number of hydrogen-bond donors (Lipinski definition) is 0. The van der Waals surface area contributed by atoms with Crippen molar-refractivity contribution in [2.45, 2.75) is 0 Å². The van der Waals surface area contributed by atoms with Gasteiger partial charge in [-0.25, -0.2) is 0 Å². The number of hydrogen-bond acceptors (Lipinski definition) is 2. The van der Waals surface area contributed by atoms with Gasteiger partial charge < -0.3 is 10.2 Å². The van der Waals surface area contributed by atoms with E-state index in [1.54, 1.807) is 0 Å². The van der Waals surface area contributed by atoms with Crippen LogP contribution in [0.4, 0.5) is 0 Å². The van der Waals surface area contributed by atoms with Crippen molar-refractivity contribution in [2.75, 3.05) is 0 Å². The van der Waals surface area contributed by atoms with Gasteiger partial charge in [-0.3, -0.25) is 8.92 Å². The van der Waals surface area contributed by atoms with Crippen molar-refractivity contribution in [2.24, 2.45) is 0 Å². The zero-order valence-electron chi connectivity index (χ0n) is 3.19. The average molecular weight is 190 g/mol. The van der Waals surface area contributed by atoms with Gasteiger partial charge in [-0.05, 0) is 0 Å². The smallest absolute Gasteiger partial charge is 2.00 e. The van der Waals surface area contributed by atoms with Gasteiger partial charge >= 0.3 is 64.1 Å². The van der Waals surface area contributed by atoms with Gasteiger partial charge in [0, 0.05) is 0 Å². The molecule has 0 spiro atoms. The fourth-order valence-electron chi connectivity index (χ4n) is 0. The summed E-state index contributed by atoms with van der Waals surface area (Å²) in [4.78, 5) is 0. The van der Waals surface area contributed by atoms with Gasteiger partial charge in [-0.15, -0.1) is 0 Å². The quantitative estimate of drug-likeness (QED) is 0.364. The predicted molar refractivity (Wildman–Crippen MR) is 13.6 cm³/mol. The van der Waals surface area contributed by atoms with E-state index in [0.717, 1.165) is 0 Å². The van der Waals surface area contributed by atoms with Crippen molar-refractivity contribution in [1.29, 1.82) is 0 Å². The Bertz CT molecular complexity index is 35.9. The van der Waals surface area contributed by atoms with E-state index in [2.05, 4.69) is 0 Å². The van der Waals surface area contributed by atoms with Crippen molar-refractivity contribution in [3.63, 3.8) is 0 Å². The van der Waals surface area contributed by atoms with E-state index in [1.807, 2.05) is 0 Å². The minimum atomic E-state index is -1.42. The van der Waals surface area contributed by atoms with Gasteiger partial charge in [-0.2, -0.15) is 0 Å². The molecule has 0 aliphatic rings. The second kappa shape index (κ2) is 51.0. The summed E-state index contributed by atoms with van der Waals surface area (Å²) in [5.74, 6) is 0. The van der Waals surface area contributed by atoms with Crippen LogP contribution in [0.3, 0.4) is 0 Å². The zero-order chi connectivity index (χ0) is 2.71. The van der Waals surface area contributed by atoms with Crippen molar-refractivity contribution in [3.05, 3.63) is 0 Å². The molecule has 0 bridgehead atoms. The molecule has 0 fully saturated rings. The third-order valence-corrected chi connectivity index (χ3v) is 0. The van der Waals surface area contributed by atoms with Gasteiger partial charge in [0.1, 0.15) is 0 Å². The summed E-state index contributed by atoms with van der Waals surface area (Å²) in [6, 6.07) is 0. The maximum absolute atomic E-state index is 8.40. The Balaban J connectivity index is -0.00000000333. The van der Waals surface area contributed by atoms with Crippen molar-refractivity contribution in [1.82, 2.24) is 0 Å². The van der Waals surface area contributed by atoms with Crippen molar-refractivity contribution < 1.29 is 36.2 Å². The van der Waals surface area contributed by atoms with E-state index in [4.69, 9.17) is 8.92 Å². The Morgan fingerprint density at radius 2 is 1.14 bits per heavy atom. The molecule has 1 radical (unpaired) electrons. The third kappa shape index (κ3) is 102. The predicted octanol–water partition coefficient (Wildman–Crippen LogP) is -4.12. The first-order valence-corrected chi connectivity index (χ1v) is 1.22. The standard InChI is InChI=1S/Ca.FH.Mn.O2Si.O/c;;;1-3-2;/h;1H;;;/q+2;;+2;;-2/p-1. The summed E-state index contributed by atoms with van der Waals surface area (Å²) >= 11 is 0. The average Bonchev–Trinajstić information content (AvgIpc) is 0.918. The molecule has 0 aliphatic heterocycles. The maximum atomic E-state index is 8.40. The molecule has 0 saturated carbocycles. The molecule has 7 heavy (non-hydrogen) atoms. The van der Waals surface area contributed by atoms with Crippen LogP contribution in [-0.4, -0.2) is 47.0 Å². The van der Waals surface area contributed by atoms with Crippen LogP contribution in [0.25, 0.3) is 0 Å². The molecular formula is CaFMnO3Si+.